The summed E-state index contributed by atoms with van der Waals surface area (Å²) in [6.07, 6.45) is 1.90. The van der Waals surface area contributed by atoms with Gasteiger partial charge in [0, 0.05) is 25.4 Å². The number of aliphatic hydroxyl groups is 1. The van der Waals surface area contributed by atoms with Crippen LogP contribution in [0.4, 0.5) is 0 Å². The molecule has 1 aromatic heterocycles. The molecule has 0 aliphatic carbocycles. The van der Waals surface area contributed by atoms with Crippen molar-refractivity contribution in [2.75, 3.05) is 20.3 Å². The van der Waals surface area contributed by atoms with E-state index in [-0.39, 0.29) is 0 Å². The molecule has 5 heteroatoms. The molecule has 16 heavy (non-hydrogen) atoms. The van der Waals surface area contributed by atoms with E-state index < -0.39 is 6.10 Å². The first-order chi connectivity index (χ1) is 7.74. The topological polar surface area (TPSA) is 54.4 Å². The molecule has 0 radical (unpaired) electrons. The third kappa shape index (κ3) is 4.90. The summed E-state index contributed by atoms with van der Waals surface area (Å²) < 4.78 is 4.83. The summed E-state index contributed by atoms with van der Waals surface area (Å²) >= 11 is 5.89. The van der Waals surface area contributed by atoms with Gasteiger partial charge in [-0.2, -0.15) is 0 Å². The SMILES string of the molecule is COCC(O)CCNCc1cccnc1Cl. The van der Waals surface area contributed by atoms with Crippen molar-refractivity contribution >= 4 is 11.6 Å². The third-order valence-corrected chi connectivity index (χ3v) is 2.51. The fourth-order valence-electron chi connectivity index (χ4n) is 1.32. The highest BCUT2D eigenvalue weighted by molar-refractivity contribution is 6.30. The average molecular weight is 245 g/mol. The first kappa shape index (κ1) is 13.4. The molecule has 1 atom stereocenters. The van der Waals surface area contributed by atoms with Gasteiger partial charge in [0.15, 0.2) is 0 Å². The summed E-state index contributed by atoms with van der Waals surface area (Å²) in [5.74, 6) is 0. The van der Waals surface area contributed by atoms with E-state index in [0.717, 1.165) is 12.1 Å². The van der Waals surface area contributed by atoms with E-state index in [1.54, 1.807) is 13.3 Å². The predicted molar refractivity (Wildman–Crippen MR) is 63.5 cm³/mol. The van der Waals surface area contributed by atoms with Gasteiger partial charge in [-0.25, -0.2) is 4.98 Å². The van der Waals surface area contributed by atoms with E-state index in [1.165, 1.54) is 0 Å². The normalized spacial score (nSPS) is 12.7. The van der Waals surface area contributed by atoms with Gasteiger partial charge in [-0.1, -0.05) is 17.7 Å². The Bertz CT molecular complexity index is 310. The van der Waals surface area contributed by atoms with Crippen LogP contribution in [0.15, 0.2) is 18.3 Å². The van der Waals surface area contributed by atoms with Crippen molar-refractivity contribution in [3.63, 3.8) is 0 Å². The van der Waals surface area contributed by atoms with E-state index in [0.29, 0.717) is 24.7 Å². The maximum absolute atomic E-state index is 9.40. The molecule has 90 valence electrons. The van der Waals surface area contributed by atoms with Crippen LogP contribution in [0.25, 0.3) is 0 Å². The lowest BCUT2D eigenvalue weighted by molar-refractivity contribution is 0.0594. The largest absolute Gasteiger partial charge is 0.391 e. The predicted octanol–water partition coefficient (Wildman–Crippen LogP) is 1.22. The third-order valence-electron chi connectivity index (χ3n) is 2.17. The van der Waals surface area contributed by atoms with Crippen molar-refractivity contribution in [3.8, 4) is 0 Å². The maximum Gasteiger partial charge on any atom is 0.133 e. The highest BCUT2D eigenvalue weighted by Crippen LogP contribution is 2.10. The highest BCUT2D eigenvalue weighted by Gasteiger charge is 2.03. The molecule has 0 amide bonds. The van der Waals surface area contributed by atoms with Gasteiger partial charge in [-0.05, 0) is 19.0 Å². The summed E-state index contributed by atoms with van der Waals surface area (Å²) in [5.41, 5.74) is 0.963. The fraction of sp³-hybridized carbons (Fsp3) is 0.545. The van der Waals surface area contributed by atoms with Gasteiger partial charge in [0.2, 0.25) is 0 Å². The second-order valence-electron chi connectivity index (χ2n) is 3.53. The fourth-order valence-corrected chi connectivity index (χ4v) is 1.50. The molecule has 1 rings (SSSR count). The molecular weight excluding hydrogens is 228 g/mol. The number of halogens is 1. The van der Waals surface area contributed by atoms with Crippen LogP contribution in [0.3, 0.4) is 0 Å². The van der Waals surface area contributed by atoms with Gasteiger partial charge in [0.05, 0.1) is 12.7 Å². The van der Waals surface area contributed by atoms with Crippen LogP contribution in [-0.4, -0.2) is 36.5 Å². The van der Waals surface area contributed by atoms with E-state index in [9.17, 15) is 5.11 Å². The number of pyridine rings is 1. The van der Waals surface area contributed by atoms with Crippen molar-refractivity contribution < 1.29 is 9.84 Å². The summed E-state index contributed by atoms with van der Waals surface area (Å²) in [6, 6.07) is 3.77. The van der Waals surface area contributed by atoms with Gasteiger partial charge >= 0.3 is 0 Å². The molecule has 0 aliphatic rings. The van der Waals surface area contributed by atoms with Crippen molar-refractivity contribution in [2.24, 2.45) is 0 Å². The Morgan fingerprint density at radius 1 is 1.62 bits per heavy atom. The first-order valence-electron chi connectivity index (χ1n) is 5.21. The van der Waals surface area contributed by atoms with Crippen LogP contribution >= 0.6 is 11.6 Å². The molecule has 0 fully saturated rings. The van der Waals surface area contributed by atoms with Crippen LogP contribution in [0.1, 0.15) is 12.0 Å². The number of ether oxygens (including phenoxy) is 1. The molecule has 1 aromatic rings. The number of hydrogen-bond acceptors (Lipinski definition) is 4. The Hall–Kier alpha value is -0.680. The highest BCUT2D eigenvalue weighted by atomic mass is 35.5. The zero-order valence-corrected chi connectivity index (χ0v) is 10.1. The Morgan fingerprint density at radius 3 is 3.12 bits per heavy atom. The lowest BCUT2D eigenvalue weighted by atomic mass is 10.2. The zero-order chi connectivity index (χ0) is 11.8. The minimum atomic E-state index is -0.415. The standard InChI is InChI=1S/C11H17ClN2O2/c1-16-8-10(15)4-6-13-7-9-3-2-5-14-11(9)12/h2-3,5,10,13,15H,4,6-8H2,1H3. The van der Waals surface area contributed by atoms with Crippen LogP contribution in [0.2, 0.25) is 5.15 Å². The molecule has 4 nitrogen and oxygen atoms in total. The number of aromatic nitrogens is 1. The second kappa shape index (κ2) is 7.57. The Balaban J connectivity index is 2.19. The number of nitrogens with zero attached hydrogens (tertiary/aromatic N) is 1. The average Bonchev–Trinajstić information content (AvgIpc) is 2.27. The van der Waals surface area contributed by atoms with Crippen LogP contribution in [-0.2, 0) is 11.3 Å². The van der Waals surface area contributed by atoms with Gasteiger partial charge < -0.3 is 15.2 Å². The van der Waals surface area contributed by atoms with E-state index in [4.69, 9.17) is 16.3 Å². The maximum atomic E-state index is 9.40. The van der Waals surface area contributed by atoms with Gasteiger partial charge in [0.25, 0.3) is 0 Å². The lowest BCUT2D eigenvalue weighted by Gasteiger charge is -2.10. The molecule has 0 spiro atoms. The minimum absolute atomic E-state index is 0.370. The summed E-state index contributed by atoms with van der Waals surface area (Å²) in [4.78, 5) is 3.98. The number of aliphatic hydroxyl groups excluding tert-OH is 1. The van der Waals surface area contributed by atoms with Gasteiger partial charge in [0.1, 0.15) is 5.15 Å². The molecule has 0 bridgehead atoms. The van der Waals surface area contributed by atoms with E-state index in [1.807, 2.05) is 12.1 Å². The van der Waals surface area contributed by atoms with Crippen LogP contribution in [0.5, 0.6) is 0 Å². The molecular formula is C11H17ClN2O2. The van der Waals surface area contributed by atoms with Gasteiger partial charge in [-0.15, -0.1) is 0 Å². The molecule has 0 aliphatic heterocycles. The second-order valence-corrected chi connectivity index (χ2v) is 3.89. The van der Waals surface area contributed by atoms with Crippen LogP contribution in [0, 0.1) is 0 Å². The van der Waals surface area contributed by atoms with Crippen molar-refractivity contribution in [1.82, 2.24) is 10.3 Å². The van der Waals surface area contributed by atoms with Crippen molar-refractivity contribution in [2.45, 2.75) is 19.1 Å². The smallest absolute Gasteiger partial charge is 0.133 e. The molecule has 0 saturated carbocycles. The number of nitrogens with one attached hydrogen (secondary N) is 1. The zero-order valence-electron chi connectivity index (χ0n) is 9.32. The Kier molecular flexibility index (Phi) is 6.33. The summed E-state index contributed by atoms with van der Waals surface area (Å²) in [7, 11) is 1.58. The molecule has 2 N–H and O–H groups in total. The Morgan fingerprint density at radius 2 is 2.44 bits per heavy atom. The molecule has 0 saturated heterocycles. The lowest BCUT2D eigenvalue weighted by Crippen LogP contribution is -2.23. The number of rotatable bonds is 7. The molecule has 1 heterocycles. The summed E-state index contributed by atoms with van der Waals surface area (Å²) in [6.45, 7) is 1.75. The van der Waals surface area contributed by atoms with Gasteiger partial charge in [-0.3, -0.25) is 0 Å². The van der Waals surface area contributed by atoms with Crippen molar-refractivity contribution in [3.05, 3.63) is 29.0 Å². The minimum Gasteiger partial charge on any atom is -0.391 e. The number of methoxy groups -OCH3 is 1. The first-order valence-corrected chi connectivity index (χ1v) is 5.59. The van der Waals surface area contributed by atoms with Crippen molar-refractivity contribution in [1.29, 1.82) is 0 Å². The Labute approximate surface area is 101 Å². The molecule has 0 aromatic carbocycles. The quantitative estimate of drug-likeness (QED) is 0.560. The monoisotopic (exact) mass is 244 g/mol. The molecule has 1 unspecified atom stereocenters. The van der Waals surface area contributed by atoms with E-state index >= 15 is 0 Å². The number of hydrogen-bond donors (Lipinski definition) is 2. The summed E-state index contributed by atoms with van der Waals surface area (Å²) in [5, 5.41) is 13.1. The van der Waals surface area contributed by atoms with Crippen LogP contribution < -0.4 is 5.32 Å². The van der Waals surface area contributed by atoms with E-state index in [2.05, 4.69) is 10.3 Å².